The van der Waals surface area contributed by atoms with Crippen LogP contribution in [0.25, 0.3) is 0 Å². The molecule has 0 aromatic rings. The Morgan fingerprint density at radius 1 is 1.35 bits per heavy atom. The predicted octanol–water partition coefficient (Wildman–Crippen LogP) is 0.666. The Morgan fingerprint density at radius 3 is 2.71 bits per heavy atom. The number of nitrogens with two attached hydrogens (primary N) is 1. The van der Waals surface area contributed by atoms with Crippen molar-refractivity contribution in [2.75, 3.05) is 27.2 Å². The topological polar surface area (TPSA) is 49.6 Å². The molecular weight excluding hydrogens is 214 g/mol. The fraction of sp³-hybridized carbons (Fsp3) is 0.923. The molecule has 2 aliphatic rings. The number of hydrogen-bond donors (Lipinski definition) is 1. The average molecular weight is 239 g/mol. The summed E-state index contributed by atoms with van der Waals surface area (Å²) in [5, 5.41) is 0. The third-order valence-corrected chi connectivity index (χ3v) is 4.32. The molecule has 0 bridgehead atoms. The Morgan fingerprint density at radius 2 is 2.12 bits per heavy atom. The van der Waals surface area contributed by atoms with Gasteiger partial charge < -0.3 is 15.5 Å². The number of hydrogen-bond acceptors (Lipinski definition) is 3. The second kappa shape index (κ2) is 5.36. The second-order valence-electron chi connectivity index (χ2n) is 5.78. The van der Waals surface area contributed by atoms with E-state index in [4.69, 9.17) is 5.73 Å². The fourth-order valence-electron chi connectivity index (χ4n) is 3.16. The van der Waals surface area contributed by atoms with Crippen LogP contribution in [0.3, 0.4) is 0 Å². The van der Waals surface area contributed by atoms with Crippen molar-refractivity contribution in [1.82, 2.24) is 9.80 Å². The molecule has 3 atom stereocenters. The summed E-state index contributed by atoms with van der Waals surface area (Å²) in [4.78, 5) is 16.7. The quantitative estimate of drug-likeness (QED) is 0.770. The van der Waals surface area contributed by atoms with Crippen LogP contribution in [0.2, 0.25) is 0 Å². The molecule has 1 aliphatic heterocycles. The minimum Gasteiger partial charge on any atom is -0.341 e. The maximum absolute atomic E-state index is 12.3. The summed E-state index contributed by atoms with van der Waals surface area (Å²) in [5.74, 6) is 0.500. The molecule has 1 heterocycles. The van der Waals surface area contributed by atoms with Gasteiger partial charge in [0.25, 0.3) is 0 Å². The summed E-state index contributed by atoms with van der Waals surface area (Å²) in [7, 11) is 4.10. The summed E-state index contributed by atoms with van der Waals surface area (Å²) < 4.78 is 0. The number of carbonyl (C=O) groups is 1. The molecule has 4 nitrogen and oxygen atoms in total. The summed E-state index contributed by atoms with van der Waals surface area (Å²) in [6, 6.07) is 0.643. The van der Waals surface area contributed by atoms with Crippen LogP contribution in [-0.2, 0) is 4.79 Å². The highest BCUT2D eigenvalue weighted by molar-refractivity contribution is 5.79. The molecule has 0 spiro atoms. The van der Waals surface area contributed by atoms with Crippen molar-refractivity contribution in [3.8, 4) is 0 Å². The third kappa shape index (κ3) is 2.99. The molecule has 2 rings (SSSR count). The van der Waals surface area contributed by atoms with Crippen molar-refractivity contribution in [3.05, 3.63) is 0 Å². The molecule has 4 heteroatoms. The molecule has 0 radical (unpaired) electrons. The van der Waals surface area contributed by atoms with E-state index in [0.717, 1.165) is 38.8 Å². The van der Waals surface area contributed by atoms with E-state index in [9.17, 15) is 4.79 Å². The maximum atomic E-state index is 12.3. The predicted molar refractivity (Wildman–Crippen MR) is 68.6 cm³/mol. The molecule has 1 amide bonds. The number of likely N-dealkylation sites (N-methyl/N-ethyl adjacent to an activating group) is 2. The lowest BCUT2D eigenvalue weighted by Crippen LogP contribution is -2.48. The van der Waals surface area contributed by atoms with Crippen molar-refractivity contribution in [2.24, 2.45) is 11.7 Å². The van der Waals surface area contributed by atoms with E-state index in [1.165, 1.54) is 6.42 Å². The standard InChI is InChI=1S/C13H25N3O/c1-15-7-3-4-12(9-15)16(2)13(17)10-5-6-11(14)8-10/h10-12H,3-9,14H2,1-2H3. The number of rotatable bonds is 2. The van der Waals surface area contributed by atoms with E-state index in [0.29, 0.717) is 11.9 Å². The molecule has 3 unspecified atom stereocenters. The fourth-order valence-corrected chi connectivity index (χ4v) is 3.16. The third-order valence-electron chi connectivity index (χ3n) is 4.32. The smallest absolute Gasteiger partial charge is 0.225 e. The van der Waals surface area contributed by atoms with E-state index in [1.807, 2.05) is 11.9 Å². The van der Waals surface area contributed by atoms with Crippen LogP contribution in [0.1, 0.15) is 32.1 Å². The zero-order valence-corrected chi connectivity index (χ0v) is 11.1. The molecular formula is C13H25N3O. The van der Waals surface area contributed by atoms with Gasteiger partial charge in [0.1, 0.15) is 0 Å². The largest absolute Gasteiger partial charge is 0.341 e. The molecule has 17 heavy (non-hydrogen) atoms. The number of carbonyl (C=O) groups excluding carboxylic acids is 1. The van der Waals surface area contributed by atoms with Crippen LogP contribution in [0.15, 0.2) is 0 Å². The number of piperidine rings is 1. The Hall–Kier alpha value is -0.610. The highest BCUT2D eigenvalue weighted by atomic mass is 16.2. The van der Waals surface area contributed by atoms with Crippen molar-refractivity contribution >= 4 is 5.91 Å². The minimum absolute atomic E-state index is 0.183. The van der Waals surface area contributed by atoms with Gasteiger partial charge in [-0.1, -0.05) is 0 Å². The first kappa shape index (κ1) is 12.8. The van der Waals surface area contributed by atoms with E-state index in [2.05, 4.69) is 11.9 Å². The van der Waals surface area contributed by atoms with Crippen LogP contribution in [0.5, 0.6) is 0 Å². The summed E-state index contributed by atoms with van der Waals surface area (Å²) >= 11 is 0. The van der Waals surface area contributed by atoms with Gasteiger partial charge in [-0.25, -0.2) is 0 Å². The van der Waals surface area contributed by atoms with Crippen LogP contribution in [0.4, 0.5) is 0 Å². The SMILES string of the molecule is CN1CCCC(N(C)C(=O)C2CCC(N)C2)C1. The highest BCUT2D eigenvalue weighted by Crippen LogP contribution is 2.27. The van der Waals surface area contributed by atoms with Crippen LogP contribution in [-0.4, -0.2) is 55.0 Å². The Bertz CT molecular complexity index is 282. The first-order valence-electron chi connectivity index (χ1n) is 6.78. The summed E-state index contributed by atoms with van der Waals surface area (Å²) in [5.41, 5.74) is 5.88. The molecule has 1 aliphatic carbocycles. The monoisotopic (exact) mass is 239 g/mol. The molecule has 98 valence electrons. The van der Waals surface area contributed by atoms with Crippen molar-refractivity contribution in [3.63, 3.8) is 0 Å². The van der Waals surface area contributed by atoms with E-state index in [-0.39, 0.29) is 12.0 Å². The summed E-state index contributed by atoms with van der Waals surface area (Å²) in [6.07, 6.45) is 5.21. The van der Waals surface area contributed by atoms with Gasteiger partial charge >= 0.3 is 0 Å². The van der Waals surface area contributed by atoms with Gasteiger partial charge in [-0.3, -0.25) is 4.79 Å². The van der Waals surface area contributed by atoms with Gasteiger partial charge in [0, 0.05) is 31.6 Å². The van der Waals surface area contributed by atoms with Gasteiger partial charge in [-0.15, -0.1) is 0 Å². The van der Waals surface area contributed by atoms with Crippen molar-refractivity contribution < 1.29 is 4.79 Å². The van der Waals surface area contributed by atoms with Gasteiger partial charge in [0.05, 0.1) is 0 Å². The number of amides is 1. The lowest BCUT2D eigenvalue weighted by molar-refractivity contribution is -0.137. The van der Waals surface area contributed by atoms with Gasteiger partial charge in [0.2, 0.25) is 5.91 Å². The molecule has 1 saturated heterocycles. The van der Waals surface area contributed by atoms with Crippen LogP contribution >= 0.6 is 0 Å². The van der Waals surface area contributed by atoms with E-state index in [1.54, 1.807) is 0 Å². The Labute approximate surface area is 104 Å². The molecule has 0 aromatic carbocycles. The van der Waals surface area contributed by atoms with Crippen LogP contribution in [0, 0.1) is 5.92 Å². The molecule has 1 saturated carbocycles. The van der Waals surface area contributed by atoms with Crippen molar-refractivity contribution in [2.45, 2.75) is 44.2 Å². The van der Waals surface area contributed by atoms with Gasteiger partial charge in [0.15, 0.2) is 0 Å². The van der Waals surface area contributed by atoms with Gasteiger partial charge in [-0.05, 0) is 45.7 Å². The van der Waals surface area contributed by atoms with Gasteiger partial charge in [-0.2, -0.15) is 0 Å². The second-order valence-corrected chi connectivity index (χ2v) is 5.78. The van der Waals surface area contributed by atoms with Crippen molar-refractivity contribution in [1.29, 1.82) is 0 Å². The first-order chi connectivity index (χ1) is 8.08. The van der Waals surface area contributed by atoms with Crippen LogP contribution < -0.4 is 5.73 Å². The number of likely N-dealkylation sites (tertiary alicyclic amines) is 1. The maximum Gasteiger partial charge on any atom is 0.225 e. The molecule has 2 fully saturated rings. The zero-order chi connectivity index (χ0) is 12.4. The summed E-state index contributed by atoms with van der Waals surface area (Å²) in [6.45, 7) is 2.17. The number of nitrogens with zero attached hydrogens (tertiary/aromatic N) is 2. The Balaban J connectivity index is 1.90. The average Bonchev–Trinajstić information content (AvgIpc) is 2.74. The first-order valence-corrected chi connectivity index (χ1v) is 6.78. The lowest BCUT2D eigenvalue weighted by Gasteiger charge is -2.37. The highest BCUT2D eigenvalue weighted by Gasteiger charge is 2.33. The van der Waals surface area contributed by atoms with E-state index < -0.39 is 0 Å². The lowest BCUT2D eigenvalue weighted by atomic mass is 10.0. The minimum atomic E-state index is 0.183. The zero-order valence-electron chi connectivity index (χ0n) is 11.1. The normalized spacial score (nSPS) is 34.9. The van der Waals surface area contributed by atoms with E-state index >= 15 is 0 Å². The molecule has 2 N–H and O–H groups in total. The molecule has 0 aromatic heterocycles. The Kier molecular flexibility index (Phi) is 4.05.